The van der Waals surface area contributed by atoms with Crippen LogP contribution in [-0.2, 0) is 4.79 Å². The number of hydrogen-bond acceptors (Lipinski definition) is 2. The number of carbonyl (C=O) groups is 2. The molecule has 25 heavy (non-hydrogen) atoms. The summed E-state index contributed by atoms with van der Waals surface area (Å²) >= 11 is 0. The fraction of sp³-hybridized carbons (Fsp3) is 0.619. The predicted molar refractivity (Wildman–Crippen MR) is 105 cm³/mol. The van der Waals surface area contributed by atoms with Gasteiger partial charge >= 0.3 is 0 Å². The first-order chi connectivity index (χ1) is 12.1. The van der Waals surface area contributed by atoms with Crippen molar-refractivity contribution in [2.75, 3.05) is 5.32 Å². The molecule has 0 saturated heterocycles. The van der Waals surface area contributed by atoms with Crippen molar-refractivity contribution >= 4 is 17.5 Å². The Morgan fingerprint density at radius 2 is 1.28 bits per heavy atom. The van der Waals surface area contributed by atoms with Crippen LogP contribution in [0.3, 0.4) is 0 Å². The summed E-state index contributed by atoms with van der Waals surface area (Å²) in [6, 6.07) is 6.66. The maximum Gasteiger partial charge on any atom is 0.248 e. The number of primary amides is 1. The van der Waals surface area contributed by atoms with Gasteiger partial charge in [-0.25, -0.2) is 0 Å². The van der Waals surface area contributed by atoms with Crippen molar-refractivity contribution in [3.05, 3.63) is 29.8 Å². The van der Waals surface area contributed by atoms with Gasteiger partial charge in [-0.05, 0) is 30.7 Å². The summed E-state index contributed by atoms with van der Waals surface area (Å²) in [5.74, 6) is -0.429. The van der Waals surface area contributed by atoms with E-state index in [4.69, 9.17) is 5.73 Å². The van der Waals surface area contributed by atoms with Crippen molar-refractivity contribution in [2.24, 2.45) is 5.73 Å². The van der Waals surface area contributed by atoms with Crippen molar-refractivity contribution in [1.29, 1.82) is 0 Å². The summed E-state index contributed by atoms with van der Waals surface area (Å²) < 4.78 is 0. The van der Waals surface area contributed by atoms with Crippen molar-refractivity contribution < 1.29 is 9.59 Å². The Labute approximate surface area is 152 Å². The molecule has 4 heteroatoms. The Bertz CT molecular complexity index is 497. The Morgan fingerprint density at radius 1 is 0.800 bits per heavy atom. The summed E-state index contributed by atoms with van der Waals surface area (Å²) in [7, 11) is 0. The number of unbranched alkanes of at least 4 members (excludes halogenated alkanes) is 10. The lowest BCUT2D eigenvalue weighted by atomic mass is 10.1. The molecule has 0 spiro atoms. The molecule has 3 N–H and O–H groups in total. The maximum absolute atomic E-state index is 11.9. The van der Waals surface area contributed by atoms with Gasteiger partial charge in [0.15, 0.2) is 0 Å². The molecule has 1 aromatic carbocycles. The molecule has 1 aromatic rings. The van der Waals surface area contributed by atoms with Crippen LogP contribution < -0.4 is 11.1 Å². The van der Waals surface area contributed by atoms with E-state index in [0.29, 0.717) is 17.7 Å². The highest BCUT2D eigenvalue weighted by Gasteiger charge is 2.04. The highest BCUT2D eigenvalue weighted by atomic mass is 16.1. The van der Waals surface area contributed by atoms with Crippen molar-refractivity contribution in [3.63, 3.8) is 0 Å². The molecule has 1 rings (SSSR count). The van der Waals surface area contributed by atoms with Crippen LogP contribution in [0.2, 0.25) is 0 Å². The van der Waals surface area contributed by atoms with E-state index in [0.717, 1.165) is 12.8 Å². The third-order valence-corrected chi connectivity index (χ3v) is 4.46. The van der Waals surface area contributed by atoms with Crippen LogP contribution in [0.25, 0.3) is 0 Å². The molecule has 0 unspecified atom stereocenters. The number of rotatable bonds is 14. The second kappa shape index (κ2) is 13.5. The molecule has 0 atom stereocenters. The molecule has 0 radical (unpaired) electrons. The monoisotopic (exact) mass is 346 g/mol. The van der Waals surface area contributed by atoms with E-state index in [1.807, 2.05) is 0 Å². The van der Waals surface area contributed by atoms with Crippen molar-refractivity contribution in [2.45, 2.75) is 84.0 Å². The van der Waals surface area contributed by atoms with Crippen LogP contribution >= 0.6 is 0 Å². The smallest absolute Gasteiger partial charge is 0.248 e. The average molecular weight is 347 g/mol. The lowest BCUT2D eigenvalue weighted by Gasteiger charge is -2.06. The van der Waals surface area contributed by atoms with Gasteiger partial charge in [0.05, 0.1) is 0 Å². The lowest BCUT2D eigenvalue weighted by Crippen LogP contribution is -2.13. The molecule has 2 amide bonds. The second-order valence-corrected chi connectivity index (χ2v) is 6.78. The van der Waals surface area contributed by atoms with Crippen molar-refractivity contribution in [1.82, 2.24) is 0 Å². The molecule has 0 saturated carbocycles. The fourth-order valence-electron chi connectivity index (χ4n) is 2.89. The van der Waals surface area contributed by atoms with E-state index in [2.05, 4.69) is 12.2 Å². The first-order valence-corrected chi connectivity index (χ1v) is 9.83. The molecule has 140 valence electrons. The number of carbonyl (C=O) groups excluding carboxylic acids is 2. The number of nitrogens with two attached hydrogens (primary N) is 1. The molecule has 0 aliphatic carbocycles. The molecule has 0 bridgehead atoms. The van der Waals surface area contributed by atoms with Crippen LogP contribution in [0.5, 0.6) is 0 Å². The van der Waals surface area contributed by atoms with E-state index in [1.165, 1.54) is 57.8 Å². The molecule has 0 fully saturated rings. The summed E-state index contributed by atoms with van der Waals surface area (Å²) in [6.07, 6.45) is 14.6. The normalized spacial score (nSPS) is 10.6. The second-order valence-electron chi connectivity index (χ2n) is 6.78. The Balaban J connectivity index is 1.99. The summed E-state index contributed by atoms with van der Waals surface area (Å²) in [4.78, 5) is 22.9. The zero-order valence-electron chi connectivity index (χ0n) is 15.7. The zero-order chi connectivity index (χ0) is 18.3. The number of anilines is 1. The minimum Gasteiger partial charge on any atom is -0.366 e. The number of hydrogen-bond donors (Lipinski definition) is 2. The summed E-state index contributed by atoms with van der Waals surface area (Å²) in [5, 5.41) is 2.85. The van der Waals surface area contributed by atoms with Gasteiger partial charge in [-0.2, -0.15) is 0 Å². The van der Waals surface area contributed by atoms with E-state index in [-0.39, 0.29) is 5.91 Å². The van der Waals surface area contributed by atoms with Crippen molar-refractivity contribution in [3.8, 4) is 0 Å². The molecule has 0 aliphatic heterocycles. The van der Waals surface area contributed by atoms with Gasteiger partial charge in [-0.15, -0.1) is 0 Å². The third kappa shape index (κ3) is 10.6. The molecule has 0 aromatic heterocycles. The maximum atomic E-state index is 11.9. The fourth-order valence-corrected chi connectivity index (χ4v) is 2.89. The first kappa shape index (κ1) is 21.2. The van der Waals surface area contributed by atoms with E-state index in [1.54, 1.807) is 24.3 Å². The average Bonchev–Trinajstić information content (AvgIpc) is 2.60. The van der Waals surface area contributed by atoms with Crippen LogP contribution in [0.1, 0.15) is 94.3 Å². The lowest BCUT2D eigenvalue weighted by molar-refractivity contribution is -0.116. The van der Waals surface area contributed by atoms with Gasteiger partial charge < -0.3 is 11.1 Å². The number of amides is 2. The van der Waals surface area contributed by atoms with Gasteiger partial charge in [-0.1, -0.05) is 71.1 Å². The number of nitrogens with one attached hydrogen (secondary N) is 1. The quantitative estimate of drug-likeness (QED) is 0.441. The van der Waals surface area contributed by atoms with Gasteiger partial charge in [-0.3, -0.25) is 9.59 Å². The minimum absolute atomic E-state index is 0.0303. The van der Waals surface area contributed by atoms with Crippen LogP contribution in [0.15, 0.2) is 24.3 Å². The highest BCUT2D eigenvalue weighted by molar-refractivity contribution is 5.94. The largest absolute Gasteiger partial charge is 0.366 e. The molecule has 4 nitrogen and oxygen atoms in total. The van der Waals surface area contributed by atoms with Gasteiger partial charge in [0, 0.05) is 17.7 Å². The van der Waals surface area contributed by atoms with Crippen LogP contribution in [0.4, 0.5) is 5.69 Å². The Morgan fingerprint density at radius 3 is 1.76 bits per heavy atom. The van der Waals surface area contributed by atoms with Gasteiger partial charge in [0.2, 0.25) is 11.8 Å². The van der Waals surface area contributed by atoms with Gasteiger partial charge in [0.25, 0.3) is 0 Å². The third-order valence-electron chi connectivity index (χ3n) is 4.46. The zero-order valence-corrected chi connectivity index (χ0v) is 15.7. The molecular formula is C21H34N2O2. The standard InChI is InChI=1S/C21H34N2O2/c1-2-3-4-5-6-7-8-9-10-11-12-13-20(24)23-19-16-14-18(15-17-19)21(22)25/h14-17H,2-13H2,1H3,(H2,22,25)(H,23,24). The Hall–Kier alpha value is -1.84. The molecule has 0 aliphatic rings. The molecular weight excluding hydrogens is 312 g/mol. The first-order valence-electron chi connectivity index (χ1n) is 9.83. The Kier molecular flexibility index (Phi) is 11.4. The van der Waals surface area contributed by atoms with Crippen LogP contribution in [0, 0.1) is 0 Å². The number of benzene rings is 1. The topological polar surface area (TPSA) is 72.2 Å². The molecule has 0 heterocycles. The van der Waals surface area contributed by atoms with E-state index in [9.17, 15) is 9.59 Å². The summed E-state index contributed by atoms with van der Waals surface area (Å²) in [5.41, 5.74) is 6.34. The minimum atomic E-state index is -0.459. The van der Waals surface area contributed by atoms with Gasteiger partial charge in [0.1, 0.15) is 0 Å². The van der Waals surface area contributed by atoms with Crippen LogP contribution in [-0.4, -0.2) is 11.8 Å². The highest BCUT2D eigenvalue weighted by Crippen LogP contribution is 2.13. The predicted octanol–water partition coefficient (Wildman–Crippen LogP) is 5.43. The van der Waals surface area contributed by atoms with E-state index < -0.39 is 5.91 Å². The van der Waals surface area contributed by atoms with E-state index >= 15 is 0 Å². The summed E-state index contributed by atoms with van der Waals surface area (Å²) in [6.45, 7) is 2.25. The SMILES string of the molecule is CCCCCCCCCCCCCC(=O)Nc1ccc(C(N)=O)cc1.